The Morgan fingerprint density at radius 3 is 2.74 bits per heavy atom. The summed E-state index contributed by atoms with van der Waals surface area (Å²) < 4.78 is 5.19. The van der Waals surface area contributed by atoms with Gasteiger partial charge in [-0.05, 0) is 66.1 Å². The van der Waals surface area contributed by atoms with E-state index in [0.717, 1.165) is 25.9 Å². The van der Waals surface area contributed by atoms with Crippen molar-refractivity contribution in [3.8, 4) is 0 Å². The number of likely N-dealkylation sites (tertiary alicyclic amines) is 1. The number of nitrogens with zero attached hydrogens (tertiary/aromatic N) is 1. The van der Waals surface area contributed by atoms with Gasteiger partial charge in [0.05, 0.1) is 6.61 Å². The Morgan fingerprint density at radius 1 is 1.47 bits per heavy atom. The maximum absolute atomic E-state index is 12.0. The summed E-state index contributed by atoms with van der Waals surface area (Å²) in [6, 6.07) is 0.702. The second-order valence-electron chi connectivity index (χ2n) is 5.71. The lowest BCUT2D eigenvalue weighted by molar-refractivity contribution is -0.150. The molecule has 112 valence electrons. The molecular formula is C15H30N2O2. The molecule has 1 heterocycles. The van der Waals surface area contributed by atoms with E-state index >= 15 is 0 Å². The number of hydrogen-bond donors (Lipinski definition) is 1. The standard InChI is InChI=1S/C15H30N2O2/c1-5-16-15(4,14(18)19-6-2)10-8-12-17-11-7-9-13(17)3/h13,16H,5-12H2,1-4H3. The molecule has 0 spiro atoms. The van der Waals surface area contributed by atoms with Gasteiger partial charge in [-0.2, -0.15) is 0 Å². The smallest absolute Gasteiger partial charge is 0.326 e. The van der Waals surface area contributed by atoms with E-state index < -0.39 is 5.54 Å². The van der Waals surface area contributed by atoms with Crippen LogP contribution >= 0.6 is 0 Å². The molecule has 1 N–H and O–H groups in total. The molecule has 2 unspecified atom stereocenters. The number of esters is 1. The van der Waals surface area contributed by atoms with Gasteiger partial charge in [0.15, 0.2) is 0 Å². The minimum absolute atomic E-state index is 0.119. The average Bonchev–Trinajstić information content (AvgIpc) is 2.76. The molecule has 1 aliphatic rings. The number of ether oxygens (including phenoxy) is 1. The Balaban J connectivity index is 2.42. The summed E-state index contributed by atoms with van der Waals surface area (Å²) >= 11 is 0. The van der Waals surface area contributed by atoms with Gasteiger partial charge in [-0.1, -0.05) is 6.92 Å². The third-order valence-corrected chi connectivity index (χ3v) is 4.11. The third kappa shape index (κ3) is 4.77. The van der Waals surface area contributed by atoms with E-state index in [2.05, 4.69) is 17.1 Å². The van der Waals surface area contributed by atoms with E-state index in [1.54, 1.807) is 0 Å². The van der Waals surface area contributed by atoms with Crippen LogP contribution in [0.4, 0.5) is 0 Å². The summed E-state index contributed by atoms with van der Waals surface area (Å²) in [5, 5.41) is 3.29. The number of nitrogens with one attached hydrogen (secondary N) is 1. The lowest BCUT2D eigenvalue weighted by atomic mass is 9.95. The molecule has 4 heteroatoms. The van der Waals surface area contributed by atoms with E-state index in [9.17, 15) is 4.79 Å². The molecule has 4 nitrogen and oxygen atoms in total. The fourth-order valence-electron chi connectivity index (χ4n) is 2.90. The summed E-state index contributed by atoms with van der Waals surface area (Å²) in [5.41, 5.74) is -0.534. The number of carbonyl (C=O) groups excluding carboxylic acids is 1. The SMILES string of the molecule is CCNC(C)(CCCN1CCCC1C)C(=O)OCC. The highest BCUT2D eigenvalue weighted by Gasteiger charge is 2.33. The molecule has 1 rings (SSSR count). The number of rotatable bonds is 8. The molecule has 0 aromatic rings. The van der Waals surface area contributed by atoms with Crippen molar-refractivity contribution in [1.29, 1.82) is 0 Å². The van der Waals surface area contributed by atoms with Gasteiger partial charge < -0.3 is 15.0 Å². The van der Waals surface area contributed by atoms with Crippen molar-refractivity contribution >= 4 is 5.97 Å². The average molecular weight is 270 g/mol. The van der Waals surface area contributed by atoms with Crippen LogP contribution in [0.5, 0.6) is 0 Å². The fourth-order valence-corrected chi connectivity index (χ4v) is 2.90. The molecule has 1 aliphatic heterocycles. The van der Waals surface area contributed by atoms with Crippen LogP contribution in [0, 0.1) is 0 Å². The zero-order valence-corrected chi connectivity index (χ0v) is 13.0. The van der Waals surface area contributed by atoms with Crippen LogP contribution in [0.3, 0.4) is 0 Å². The van der Waals surface area contributed by atoms with Crippen LogP contribution in [0.15, 0.2) is 0 Å². The molecule has 0 aromatic heterocycles. The van der Waals surface area contributed by atoms with Crippen LogP contribution in [0.25, 0.3) is 0 Å². The number of carbonyl (C=O) groups is 1. The maximum atomic E-state index is 12.0. The van der Waals surface area contributed by atoms with E-state index in [4.69, 9.17) is 4.74 Å². The molecule has 1 fully saturated rings. The molecule has 19 heavy (non-hydrogen) atoms. The first-order valence-electron chi connectivity index (χ1n) is 7.69. The Bertz CT molecular complexity index is 283. The molecule has 0 aliphatic carbocycles. The van der Waals surface area contributed by atoms with Gasteiger partial charge in [-0.3, -0.25) is 4.79 Å². The predicted octanol–water partition coefficient (Wildman–Crippen LogP) is 2.18. The van der Waals surface area contributed by atoms with Gasteiger partial charge in [0.25, 0.3) is 0 Å². The van der Waals surface area contributed by atoms with E-state index in [1.807, 2.05) is 20.8 Å². The van der Waals surface area contributed by atoms with Crippen LogP contribution < -0.4 is 5.32 Å². The maximum Gasteiger partial charge on any atom is 0.326 e. The lowest BCUT2D eigenvalue weighted by Crippen LogP contribution is -2.50. The minimum atomic E-state index is -0.534. The molecule has 0 amide bonds. The molecule has 0 radical (unpaired) electrons. The zero-order valence-electron chi connectivity index (χ0n) is 13.0. The van der Waals surface area contributed by atoms with Crippen molar-refractivity contribution in [3.63, 3.8) is 0 Å². The Kier molecular flexibility index (Phi) is 6.80. The summed E-state index contributed by atoms with van der Waals surface area (Å²) in [4.78, 5) is 14.6. The molecule has 0 aromatic carbocycles. The van der Waals surface area contributed by atoms with Crippen molar-refractivity contribution in [2.45, 2.75) is 65.0 Å². The summed E-state index contributed by atoms with van der Waals surface area (Å²) in [5.74, 6) is -0.119. The largest absolute Gasteiger partial charge is 0.465 e. The highest BCUT2D eigenvalue weighted by Crippen LogP contribution is 2.20. The lowest BCUT2D eigenvalue weighted by Gasteiger charge is -2.29. The van der Waals surface area contributed by atoms with Crippen LogP contribution in [-0.4, -0.2) is 48.7 Å². The fraction of sp³-hybridized carbons (Fsp3) is 0.933. The van der Waals surface area contributed by atoms with Crippen LogP contribution in [0.2, 0.25) is 0 Å². The van der Waals surface area contributed by atoms with Gasteiger partial charge in [0, 0.05) is 6.04 Å². The minimum Gasteiger partial charge on any atom is -0.465 e. The molecule has 2 atom stereocenters. The normalized spacial score (nSPS) is 23.3. The third-order valence-electron chi connectivity index (χ3n) is 4.11. The Hall–Kier alpha value is -0.610. The summed E-state index contributed by atoms with van der Waals surface area (Å²) in [6.07, 6.45) is 4.49. The first kappa shape index (κ1) is 16.4. The molecule has 1 saturated heterocycles. The van der Waals surface area contributed by atoms with Gasteiger partial charge in [-0.25, -0.2) is 0 Å². The number of hydrogen-bond acceptors (Lipinski definition) is 4. The van der Waals surface area contributed by atoms with Crippen molar-refractivity contribution in [1.82, 2.24) is 10.2 Å². The van der Waals surface area contributed by atoms with Gasteiger partial charge in [0.2, 0.25) is 0 Å². The predicted molar refractivity (Wildman–Crippen MR) is 78.2 cm³/mol. The first-order valence-corrected chi connectivity index (χ1v) is 7.69. The quantitative estimate of drug-likeness (QED) is 0.686. The molecule has 0 bridgehead atoms. The molecule has 0 saturated carbocycles. The monoisotopic (exact) mass is 270 g/mol. The van der Waals surface area contributed by atoms with Crippen LogP contribution in [-0.2, 0) is 9.53 Å². The van der Waals surface area contributed by atoms with Gasteiger partial charge in [-0.15, -0.1) is 0 Å². The topological polar surface area (TPSA) is 41.6 Å². The van der Waals surface area contributed by atoms with E-state index in [-0.39, 0.29) is 5.97 Å². The Labute approximate surface area is 117 Å². The second kappa shape index (κ2) is 7.85. The van der Waals surface area contributed by atoms with Crippen molar-refractivity contribution in [2.75, 3.05) is 26.2 Å². The number of likely N-dealkylation sites (N-methyl/N-ethyl adjacent to an activating group) is 1. The Morgan fingerprint density at radius 2 is 2.21 bits per heavy atom. The second-order valence-corrected chi connectivity index (χ2v) is 5.71. The van der Waals surface area contributed by atoms with E-state index in [1.165, 1.54) is 19.4 Å². The van der Waals surface area contributed by atoms with E-state index in [0.29, 0.717) is 12.6 Å². The van der Waals surface area contributed by atoms with Crippen molar-refractivity contribution in [3.05, 3.63) is 0 Å². The first-order chi connectivity index (χ1) is 9.03. The van der Waals surface area contributed by atoms with Crippen molar-refractivity contribution in [2.24, 2.45) is 0 Å². The highest BCUT2D eigenvalue weighted by molar-refractivity contribution is 5.80. The van der Waals surface area contributed by atoms with Gasteiger partial charge in [0.1, 0.15) is 5.54 Å². The zero-order chi connectivity index (χ0) is 14.3. The summed E-state index contributed by atoms with van der Waals surface area (Å²) in [6.45, 7) is 11.7. The molecular weight excluding hydrogens is 240 g/mol. The summed E-state index contributed by atoms with van der Waals surface area (Å²) in [7, 11) is 0. The van der Waals surface area contributed by atoms with Crippen LogP contribution in [0.1, 0.15) is 53.4 Å². The highest BCUT2D eigenvalue weighted by atomic mass is 16.5. The van der Waals surface area contributed by atoms with Gasteiger partial charge >= 0.3 is 5.97 Å². The van der Waals surface area contributed by atoms with Crippen molar-refractivity contribution < 1.29 is 9.53 Å².